The van der Waals surface area contributed by atoms with Crippen LogP contribution in [0.1, 0.15) is 39.2 Å². The first-order valence-corrected chi connectivity index (χ1v) is 8.88. The summed E-state index contributed by atoms with van der Waals surface area (Å²) in [5.41, 5.74) is 0.937. The fourth-order valence-electron chi connectivity index (χ4n) is 1.70. The van der Waals surface area contributed by atoms with Crippen LogP contribution >= 0.6 is 0 Å². The SMILES string of the molecule is C[C](C)(C)[Sn][c]1cccc(C2OCCCO2)n1. The fraction of sp³-hybridized carbons (Fsp3) is 0.615. The molecule has 17 heavy (non-hydrogen) atoms. The maximum atomic E-state index is 5.58. The van der Waals surface area contributed by atoms with Crippen LogP contribution in [0.5, 0.6) is 0 Å². The van der Waals surface area contributed by atoms with Gasteiger partial charge in [0.15, 0.2) is 0 Å². The van der Waals surface area contributed by atoms with Gasteiger partial charge in [0.2, 0.25) is 0 Å². The molecule has 1 saturated heterocycles. The zero-order chi connectivity index (χ0) is 12.3. The average molecular weight is 340 g/mol. The summed E-state index contributed by atoms with van der Waals surface area (Å²) in [4.78, 5) is 4.71. The van der Waals surface area contributed by atoms with Crippen molar-refractivity contribution in [2.45, 2.75) is 36.9 Å². The van der Waals surface area contributed by atoms with Crippen LogP contribution in [0.15, 0.2) is 18.2 Å². The van der Waals surface area contributed by atoms with Crippen molar-refractivity contribution in [1.29, 1.82) is 0 Å². The molecule has 0 N–H and O–H groups in total. The van der Waals surface area contributed by atoms with Crippen molar-refractivity contribution in [3.05, 3.63) is 23.9 Å². The molecule has 1 fully saturated rings. The number of ether oxygens (including phenoxy) is 2. The van der Waals surface area contributed by atoms with Crippen LogP contribution in [-0.4, -0.2) is 39.3 Å². The number of hydrogen-bond donors (Lipinski definition) is 0. The topological polar surface area (TPSA) is 31.4 Å². The summed E-state index contributed by atoms with van der Waals surface area (Å²) in [6.07, 6.45) is 0.734. The van der Waals surface area contributed by atoms with Gasteiger partial charge in [-0.2, -0.15) is 0 Å². The van der Waals surface area contributed by atoms with E-state index in [1.165, 1.54) is 3.71 Å². The maximum absolute atomic E-state index is 5.58. The van der Waals surface area contributed by atoms with Gasteiger partial charge in [0.25, 0.3) is 0 Å². The Morgan fingerprint density at radius 2 is 1.94 bits per heavy atom. The Morgan fingerprint density at radius 1 is 1.24 bits per heavy atom. The molecule has 0 aliphatic carbocycles. The molecular formula is C13H19NO2Sn. The van der Waals surface area contributed by atoms with Gasteiger partial charge in [0, 0.05) is 0 Å². The molecule has 3 nitrogen and oxygen atoms in total. The van der Waals surface area contributed by atoms with Crippen molar-refractivity contribution in [1.82, 2.24) is 4.98 Å². The van der Waals surface area contributed by atoms with Gasteiger partial charge in [0.1, 0.15) is 0 Å². The molecule has 0 bridgehead atoms. The second-order valence-electron chi connectivity index (χ2n) is 5.25. The van der Waals surface area contributed by atoms with Crippen LogP contribution in [0.25, 0.3) is 0 Å². The normalized spacial score (nSPS) is 18.3. The van der Waals surface area contributed by atoms with Gasteiger partial charge < -0.3 is 0 Å². The van der Waals surface area contributed by atoms with Crippen LogP contribution in [0.4, 0.5) is 0 Å². The summed E-state index contributed by atoms with van der Waals surface area (Å²) < 4.78 is 12.9. The molecule has 92 valence electrons. The van der Waals surface area contributed by atoms with E-state index in [-0.39, 0.29) is 6.29 Å². The Bertz CT molecular complexity index is 370. The quantitative estimate of drug-likeness (QED) is 0.773. The van der Waals surface area contributed by atoms with Gasteiger partial charge in [-0.25, -0.2) is 0 Å². The van der Waals surface area contributed by atoms with E-state index in [2.05, 4.69) is 32.9 Å². The molecule has 0 unspecified atom stereocenters. The Kier molecular flexibility index (Phi) is 4.44. The van der Waals surface area contributed by atoms with E-state index in [0.717, 1.165) is 25.3 Å². The molecule has 1 aromatic rings. The molecule has 0 spiro atoms. The molecule has 4 heteroatoms. The minimum absolute atomic E-state index is 0.247. The predicted molar refractivity (Wildman–Crippen MR) is 68.6 cm³/mol. The second-order valence-corrected chi connectivity index (χ2v) is 11.7. The summed E-state index contributed by atoms with van der Waals surface area (Å²) in [5, 5.41) is 0. The van der Waals surface area contributed by atoms with Crippen LogP contribution in [0, 0.1) is 0 Å². The van der Waals surface area contributed by atoms with E-state index >= 15 is 0 Å². The van der Waals surface area contributed by atoms with Crippen molar-refractivity contribution in [2.24, 2.45) is 0 Å². The molecule has 2 heterocycles. The Labute approximate surface area is 113 Å². The van der Waals surface area contributed by atoms with Crippen LogP contribution in [-0.2, 0) is 9.47 Å². The van der Waals surface area contributed by atoms with Crippen molar-refractivity contribution < 1.29 is 9.47 Å². The van der Waals surface area contributed by atoms with Crippen LogP contribution in [0.3, 0.4) is 0 Å². The minimum atomic E-state index is -0.648. The van der Waals surface area contributed by atoms with Crippen molar-refractivity contribution in [3.8, 4) is 0 Å². The molecule has 1 aromatic heterocycles. The first kappa shape index (κ1) is 13.3. The Hall–Kier alpha value is -0.131. The van der Waals surface area contributed by atoms with Gasteiger partial charge >= 0.3 is 113 Å². The summed E-state index contributed by atoms with van der Waals surface area (Å²) >= 11 is -0.648. The van der Waals surface area contributed by atoms with Gasteiger partial charge in [-0.15, -0.1) is 0 Å². The molecule has 2 rings (SSSR count). The van der Waals surface area contributed by atoms with E-state index in [0.29, 0.717) is 3.43 Å². The van der Waals surface area contributed by atoms with E-state index in [1.807, 2.05) is 6.07 Å². The Balaban J connectivity index is 2.10. The third-order valence-corrected chi connectivity index (χ3v) is 6.01. The van der Waals surface area contributed by atoms with E-state index in [4.69, 9.17) is 14.5 Å². The zero-order valence-electron chi connectivity index (χ0n) is 10.7. The summed E-state index contributed by atoms with van der Waals surface area (Å²) in [5.74, 6) is 0. The fourth-order valence-corrected chi connectivity index (χ4v) is 4.93. The Morgan fingerprint density at radius 3 is 2.59 bits per heavy atom. The third kappa shape index (κ3) is 4.23. The third-order valence-electron chi connectivity index (χ3n) is 2.34. The summed E-state index contributed by atoms with van der Waals surface area (Å²) in [6, 6.07) is 6.22. The van der Waals surface area contributed by atoms with Crippen LogP contribution in [0.2, 0.25) is 3.43 Å². The molecule has 0 amide bonds. The molecule has 0 atom stereocenters. The van der Waals surface area contributed by atoms with Crippen LogP contribution < -0.4 is 3.71 Å². The van der Waals surface area contributed by atoms with Gasteiger partial charge in [0.05, 0.1) is 0 Å². The van der Waals surface area contributed by atoms with E-state index in [1.54, 1.807) is 0 Å². The first-order valence-electron chi connectivity index (χ1n) is 6.03. The zero-order valence-corrected chi connectivity index (χ0v) is 13.5. The van der Waals surface area contributed by atoms with Crippen molar-refractivity contribution in [2.75, 3.05) is 13.2 Å². The molecule has 0 saturated carbocycles. The summed E-state index contributed by atoms with van der Waals surface area (Å²) in [7, 11) is 0. The second kappa shape index (κ2) is 5.67. The van der Waals surface area contributed by atoms with E-state index in [9.17, 15) is 0 Å². The van der Waals surface area contributed by atoms with Gasteiger partial charge in [-0.1, -0.05) is 0 Å². The number of hydrogen-bond acceptors (Lipinski definition) is 3. The predicted octanol–water partition coefficient (Wildman–Crippen LogP) is 2.06. The first-order chi connectivity index (χ1) is 8.04. The molecule has 2 radical (unpaired) electrons. The monoisotopic (exact) mass is 341 g/mol. The van der Waals surface area contributed by atoms with E-state index < -0.39 is 21.1 Å². The average Bonchev–Trinajstić information content (AvgIpc) is 2.28. The molecular weight excluding hydrogens is 321 g/mol. The van der Waals surface area contributed by atoms with Crippen molar-refractivity contribution in [3.63, 3.8) is 0 Å². The standard InChI is InChI=1S/C9H10NO2.C4H9.Sn/c1-2-5-10-8(4-1)9-11-6-3-7-12-9;1-4(2)3;/h1-2,4,9H,3,6-7H2;1-3H3;. The molecule has 0 aromatic carbocycles. The molecule has 1 aliphatic heterocycles. The number of pyridine rings is 1. The molecule has 1 aliphatic rings. The number of nitrogens with zero attached hydrogens (tertiary/aromatic N) is 1. The van der Waals surface area contributed by atoms with Gasteiger partial charge in [-0.3, -0.25) is 0 Å². The van der Waals surface area contributed by atoms with Crippen molar-refractivity contribution >= 4 is 24.9 Å². The number of rotatable bonds is 2. The summed E-state index contributed by atoms with van der Waals surface area (Å²) in [6.45, 7) is 8.43. The number of aromatic nitrogens is 1. The van der Waals surface area contributed by atoms with Gasteiger partial charge in [-0.05, 0) is 0 Å².